The van der Waals surface area contributed by atoms with Crippen LogP contribution in [0, 0.1) is 17.0 Å². The SMILES string of the molecule is Cc1ccc(N(Sc2ccc([N+](=O)[O-])cc2)C2C=CS(=O)(=O)C2)cc1. The van der Waals surface area contributed by atoms with Gasteiger partial charge in [-0.15, -0.1) is 0 Å². The van der Waals surface area contributed by atoms with Gasteiger partial charge in [0.2, 0.25) is 0 Å². The molecule has 25 heavy (non-hydrogen) atoms. The lowest BCUT2D eigenvalue weighted by atomic mass is 10.2. The third-order valence-electron chi connectivity index (χ3n) is 3.75. The summed E-state index contributed by atoms with van der Waals surface area (Å²) < 4.78 is 25.5. The van der Waals surface area contributed by atoms with E-state index >= 15 is 0 Å². The van der Waals surface area contributed by atoms with Crippen LogP contribution in [0.4, 0.5) is 11.4 Å². The van der Waals surface area contributed by atoms with E-state index in [1.54, 1.807) is 18.2 Å². The molecule has 1 aliphatic rings. The molecule has 2 aromatic carbocycles. The van der Waals surface area contributed by atoms with Gasteiger partial charge in [0.25, 0.3) is 5.69 Å². The zero-order chi connectivity index (χ0) is 18.0. The van der Waals surface area contributed by atoms with Crippen LogP contribution in [0.25, 0.3) is 0 Å². The molecule has 1 heterocycles. The zero-order valence-electron chi connectivity index (χ0n) is 13.4. The molecule has 0 radical (unpaired) electrons. The Kier molecular flexibility index (Phi) is 4.82. The molecule has 0 saturated carbocycles. The van der Waals surface area contributed by atoms with Crippen LogP contribution in [0.15, 0.2) is 64.9 Å². The summed E-state index contributed by atoms with van der Waals surface area (Å²) in [6.45, 7) is 1.98. The highest BCUT2D eigenvalue weighted by Gasteiger charge is 2.28. The van der Waals surface area contributed by atoms with Crippen molar-refractivity contribution in [3.05, 3.63) is 75.7 Å². The van der Waals surface area contributed by atoms with E-state index in [4.69, 9.17) is 0 Å². The molecule has 0 aliphatic carbocycles. The largest absolute Gasteiger partial charge is 0.304 e. The summed E-state index contributed by atoms with van der Waals surface area (Å²) in [5.74, 6) is 0.0147. The number of nitro benzene ring substituents is 1. The Morgan fingerprint density at radius 1 is 1.12 bits per heavy atom. The first-order valence-electron chi connectivity index (χ1n) is 7.53. The molecule has 2 aromatic rings. The summed E-state index contributed by atoms with van der Waals surface area (Å²) in [5.41, 5.74) is 2.01. The van der Waals surface area contributed by atoms with Crippen molar-refractivity contribution < 1.29 is 13.3 Å². The first-order valence-corrected chi connectivity index (χ1v) is 10.0. The van der Waals surface area contributed by atoms with E-state index in [-0.39, 0.29) is 17.5 Å². The van der Waals surface area contributed by atoms with Crippen LogP contribution in [0.2, 0.25) is 0 Å². The fourth-order valence-electron chi connectivity index (χ4n) is 2.45. The minimum Gasteiger partial charge on any atom is -0.304 e. The summed E-state index contributed by atoms with van der Waals surface area (Å²) >= 11 is 1.36. The second kappa shape index (κ2) is 6.89. The Bertz CT molecular complexity index is 907. The predicted octanol–water partition coefficient (Wildman–Crippen LogP) is 3.73. The molecular weight excluding hydrogens is 360 g/mol. The number of benzene rings is 2. The van der Waals surface area contributed by atoms with Crippen molar-refractivity contribution in [3.63, 3.8) is 0 Å². The molecule has 1 atom stereocenters. The molecule has 0 bridgehead atoms. The van der Waals surface area contributed by atoms with Gasteiger partial charge >= 0.3 is 0 Å². The fraction of sp³-hybridized carbons (Fsp3) is 0.176. The molecule has 1 unspecified atom stereocenters. The van der Waals surface area contributed by atoms with Gasteiger partial charge in [0, 0.05) is 28.1 Å². The maximum Gasteiger partial charge on any atom is 0.269 e. The summed E-state index contributed by atoms with van der Waals surface area (Å²) in [6, 6.07) is 13.7. The van der Waals surface area contributed by atoms with E-state index in [1.165, 1.54) is 29.5 Å². The number of aryl methyl sites for hydroxylation is 1. The van der Waals surface area contributed by atoms with Gasteiger partial charge in [-0.1, -0.05) is 17.7 Å². The maximum atomic E-state index is 11.8. The van der Waals surface area contributed by atoms with E-state index < -0.39 is 14.8 Å². The van der Waals surface area contributed by atoms with Crippen molar-refractivity contribution in [1.29, 1.82) is 0 Å². The molecule has 6 nitrogen and oxygen atoms in total. The average Bonchev–Trinajstić information content (AvgIpc) is 2.94. The predicted molar refractivity (Wildman–Crippen MR) is 99.3 cm³/mol. The van der Waals surface area contributed by atoms with Gasteiger partial charge in [-0.3, -0.25) is 10.1 Å². The van der Waals surface area contributed by atoms with Crippen LogP contribution in [0.1, 0.15) is 5.56 Å². The van der Waals surface area contributed by atoms with E-state index in [9.17, 15) is 18.5 Å². The first kappa shape index (κ1) is 17.5. The number of non-ortho nitro benzene ring substituents is 1. The molecule has 130 valence electrons. The van der Waals surface area contributed by atoms with Gasteiger partial charge in [-0.05, 0) is 49.2 Å². The topological polar surface area (TPSA) is 80.5 Å². The molecule has 0 aromatic heterocycles. The van der Waals surface area contributed by atoms with Crippen molar-refractivity contribution in [1.82, 2.24) is 0 Å². The molecular formula is C17H16N2O4S2. The van der Waals surface area contributed by atoms with Gasteiger partial charge in [-0.2, -0.15) is 0 Å². The molecule has 8 heteroatoms. The van der Waals surface area contributed by atoms with Crippen molar-refractivity contribution in [2.45, 2.75) is 17.9 Å². The van der Waals surface area contributed by atoms with Crippen molar-refractivity contribution >= 4 is 33.2 Å². The molecule has 0 spiro atoms. The third kappa shape index (κ3) is 4.21. The average molecular weight is 376 g/mol. The molecule has 1 aliphatic heterocycles. The Morgan fingerprint density at radius 2 is 1.76 bits per heavy atom. The van der Waals surface area contributed by atoms with Gasteiger partial charge in [0.05, 0.1) is 16.7 Å². The van der Waals surface area contributed by atoms with Crippen LogP contribution in [0.5, 0.6) is 0 Å². The smallest absolute Gasteiger partial charge is 0.269 e. The highest BCUT2D eigenvalue weighted by molar-refractivity contribution is 8.01. The zero-order valence-corrected chi connectivity index (χ0v) is 15.0. The van der Waals surface area contributed by atoms with E-state index in [2.05, 4.69) is 0 Å². The maximum absolute atomic E-state index is 11.8. The highest BCUT2D eigenvalue weighted by atomic mass is 32.2. The monoisotopic (exact) mass is 376 g/mol. The van der Waals surface area contributed by atoms with Gasteiger partial charge in [0.1, 0.15) is 0 Å². The summed E-state index contributed by atoms with van der Waals surface area (Å²) in [7, 11) is -3.19. The lowest BCUT2D eigenvalue weighted by Gasteiger charge is -2.28. The number of rotatable bonds is 5. The number of hydrogen-bond donors (Lipinski definition) is 0. The summed E-state index contributed by atoms with van der Waals surface area (Å²) in [5, 5.41) is 12.0. The molecule has 3 rings (SSSR count). The molecule has 0 amide bonds. The quantitative estimate of drug-likeness (QED) is 0.449. The van der Waals surface area contributed by atoms with Crippen molar-refractivity contribution in [2.75, 3.05) is 10.1 Å². The highest BCUT2D eigenvalue weighted by Crippen LogP contribution is 2.34. The summed E-state index contributed by atoms with van der Waals surface area (Å²) in [4.78, 5) is 11.1. The van der Waals surface area contributed by atoms with Crippen LogP contribution in [-0.4, -0.2) is 25.1 Å². The normalized spacial score (nSPS) is 18.2. The van der Waals surface area contributed by atoms with Gasteiger partial charge in [-0.25, -0.2) is 8.42 Å². The van der Waals surface area contributed by atoms with Gasteiger partial charge < -0.3 is 4.31 Å². The van der Waals surface area contributed by atoms with Crippen molar-refractivity contribution in [2.24, 2.45) is 0 Å². The Balaban J connectivity index is 1.89. The second-order valence-corrected chi connectivity index (χ2v) is 8.71. The van der Waals surface area contributed by atoms with Crippen molar-refractivity contribution in [3.8, 4) is 0 Å². The van der Waals surface area contributed by atoms with E-state index in [0.717, 1.165) is 16.1 Å². The Morgan fingerprint density at radius 3 is 2.28 bits per heavy atom. The lowest BCUT2D eigenvalue weighted by molar-refractivity contribution is -0.384. The lowest BCUT2D eigenvalue weighted by Crippen LogP contribution is -2.30. The minimum absolute atomic E-state index is 0.0147. The minimum atomic E-state index is -3.19. The second-order valence-electron chi connectivity index (χ2n) is 5.73. The van der Waals surface area contributed by atoms with Crippen LogP contribution < -0.4 is 4.31 Å². The Labute approximate surface area is 150 Å². The number of hydrogen-bond acceptors (Lipinski definition) is 6. The van der Waals surface area contributed by atoms with Crippen LogP contribution in [0.3, 0.4) is 0 Å². The number of anilines is 1. The first-order chi connectivity index (χ1) is 11.8. The molecule has 0 N–H and O–H groups in total. The standard InChI is InChI=1S/C17H16N2O4S2/c1-13-2-4-14(5-3-13)18(16-10-11-25(22,23)12-16)24-17-8-6-15(7-9-17)19(20)21/h2-11,16H,12H2,1H3. The molecule has 0 saturated heterocycles. The van der Waals surface area contributed by atoms with E-state index in [1.807, 2.05) is 35.5 Å². The number of nitro groups is 1. The van der Waals surface area contributed by atoms with Gasteiger partial charge in [0.15, 0.2) is 9.84 Å². The third-order valence-corrected chi connectivity index (χ3v) is 6.29. The summed E-state index contributed by atoms with van der Waals surface area (Å²) in [6.07, 6.45) is 1.67. The molecule has 0 fully saturated rings. The fourth-order valence-corrected chi connectivity index (χ4v) is 4.81. The number of nitrogens with zero attached hydrogens (tertiary/aromatic N) is 2. The van der Waals surface area contributed by atoms with E-state index in [0.29, 0.717) is 0 Å². The Hall–Kier alpha value is -2.32. The van der Waals surface area contributed by atoms with Crippen LogP contribution in [-0.2, 0) is 9.84 Å². The number of sulfone groups is 1. The van der Waals surface area contributed by atoms with Crippen LogP contribution >= 0.6 is 11.9 Å².